The molecule has 144 valence electrons. The molecule has 1 aromatic carbocycles. The number of piperidine rings is 1. The van der Waals surface area contributed by atoms with Gasteiger partial charge in [-0.3, -0.25) is 9.69 Å². The summed E-state index contributed by atoms with van der Waals surface area (Å²) in [5.74, 6) is 2.08. The summed E-state index contributed by atoms with van der Waals surface area (Å²) in [5.41, 5.74) is 1.24. The first-order valence-electron chi connectivity index (χ1n) is 9.57. The second-order valence-electron chi connectivity index (χ2n) is 8.04. The third-order valence-electron chi connectivity index (χ3n) is 6.21. The maximum atomic E-state index is 14.0. The number of hydrogen-bond donors (Lipinski definition) is 0. The van der Waals surface area contributed by atoms with Crippen LogP contribution in [0.2, 0.25) is 0 Å². The van der Waals surface area contributed by atoms with Gasteiger partial charge in [0.25, 0.3) is 0 Å². The molecule has 1 aliphatic carbocycles. The molecular weight excluding hydrogens is 345 g/mol. The number of amides is 1. The number of hydrogen-bond acceptors (Lipinski definition) is 4. The maximum Gasteiger partial charge on any atom is 0.229 e. The van der Waals surface area contributed by atoms with E-state index >= 15 is 0 Å². The van der Waals surface area contributed by atoms with Crippen LogP contribution in [0.15, 0.2) is 28.7 Å². The van der Waals surface area contributed by atoms with E-state index in [4.69, 9.17) is 4.42 Å². The number of nitrogens with zero attached hydrogens (tertiary/aromatic N) is 3. The largest absolute Gasteiger partial charge is 0.441 e. The Kier molecular flexibility index (Phi) is 4.76. The van der Waals surface area contributed by atoms with Crippen molar-refractivity contribution in [2.45, 2.75) is 38.8 Å². The highest BCUT2D eigenvalue weighted by Gasteiger charge is 2.41. The van der Waals surface area contributed by atoms with Crippen LogP contribution in [0.1, 0.15) is 30.7 Å². The number of aromatic nitrogens is 1. The fourth-order valence-corrected chi connectivity index (χ4v) is 4.54. The number of likely N-dealkylation sites (tertiary alicyclic amines) is 1. The molecule has 2 aromatic rings. The Bertz CT molecular complexity index is 850. The summed E-state index contributed by atoms with van der Waals surface area (Å²) in [5, 5.41) is 0. The lowest BCUT2D eigenvalue weighted by Gasteiger charge is -2.31. The number of carbonyl (C=O) groups is 1. The second kappa shape index (κ2) is 7.08. The van der Waals surface area contributed by atoms with E-state index in [0.29, 0.717) is 42.3 Å². The Balaban J connectivity index is 1.45. The fraction of sp³-hybridized carbons (Fsp3) is 0.524. The first-order valence-corrected chi connectivity index (χ1v) is 9.57. The van der Waals surface area contributed by atoms with Gasteiger partial charge in [-0.15, -0.1) is 0 Å². The molecule has 1 saturated carbocycles. The Labute approximate surface area is 159 Å². The van der Waals surface area contributed by atoms with Crippen LogP contribution in [0.3, 0.4) is 0 Å². The minimum absolute atomic E-state index is 0.265. The van der Waals surface area contributed by atoms with Gasteiger partial charge in [-0.05, 0) is 50.8 Å². The Hall–Kier alpha value is -2.21. The van der Waals surface area contributed by atoms with E-state index in [9.17, 15) is 9.18 Å². The smallest absolute Gasteiger partial charge is 0.229 e. The van der Waals surface area contributed by atoms with Crippen LogP contribution < -0.4 is 0 Å². The van der Waals surface area contributed by atoms with Crippen LogP contribution in [0.25, 0.3) is 11.5 Å². The van der Waals surface area contributed by atoms with Crippen LogP contribution in [-0.4, -0.2) is 47.4 Å². The molecule has 1 aliphatic heterocycles. The molecule has 0 radical (unpaired) electrons. The van der Waals surface area contributed by atoms with Crippen LogP contribution in [0.5, 0.6) is 0 Å². The molecule has 0 spiro atoms. The molecule has 4 rings (SSSR count). The third-order valence-corrected chi connectivity index (χ3v) is 6.21. The zero-order valence-corrected chi connectivity index (χ0v) is 16.1. The van der Waals surface area contributed by atoms with Crippen molar-refractivity contribution < 1.29 is 13.6 Å². The molecule has 0 unspecified atom stereocenters. The number of aryl methyl sites for hydroxylation is 1. The summed E-state index contributed by atoms with van der Waals surface area (Å²) in [6, 6.07) is 6.97. The minimum Gasteiger partial charge on any atom is -0.441 e. The highest BCUT2D eigenvalue weighted by atomic mass is 19.1. The summed E-state index contributed by atoms with van der Waals surface area (Å²) in [6.07, 6.45) is 2.83. The average Bonchev–Trinajstić information content (AvgIpc) is 3.19. The Morgan fingerprint density at radius 3 is 2.81 bits per heavy atom. The molecule has 2 heterocycles. The normalized spacial score (nSPS) is 25.3. The number of carbonyl (C=O) groups excluding carboxylic acids is 1. The molecule has 5 nitrogen and oxygen atoms in total. The first kappa shape index (κ1) is 18.2. The van der Waals surface area contributed by atoms with Crippen molar-refractivity contribution in [3.63, 3.8) is 0 Å². The first-order chi connectivity index (χ1) is 12.9. The van der Waals surface area contributed by atoms with Crippen LogP contribution in [0.4, 0.5) is 4.39 Å². The van der Waals surface area contributed by atoms with Gasteiger partial charge < -0.3 is 9.32 Å². The van der Waals surface area contributed by atoms with Gasteiger partial charge in [-0.25, -0.2) is 9.37 Å². The van der Waals surface area contributed by atoms with Gasteiger partial charge in [0.15, 0.2) is 0 Å². The predicted octanol–water partition coefficient (Wildman–Crippen LogP) is 3.48. The van der Waals surface area contributed by atoms with E-state index in [1.165, 1.54) is 6.07 Å². The monoisotopic (exact) mass is 371 g/mol. The van der Waals surface area contributed by atoms with Crippen LogP contribution in [0, 0.1) is 24.6 Å². The topological polar surface area (TPSA) is 49.6 Å². The number of halogens is 1. The lowest BCUT2D eigenvalue weighted by Crippen LogP contribution is -2.39. The Morgan fingerprint density at radius 1 is 1.30 bits per heavy atom. The van der Waals surface area contributed by atoms with E-state index in [2.05, 4.69) is 16.9 Å². The van der Waals surface area contributed by atoms with Crippen LogP contribution in [-0.2, 0) is 11.3 Å². The van der Waals surface area contributed by atoms with E-state index in [0.717, 1.165) is 30.8 Å². The number of rotatable bonds is 4. The van der Waals surface area contributed by atoms with E-state index < -0.39 is 0 Å². The zero-order valence-electron chi connectivity index (χ0n) is 16.1. The average molecular weight is 371 g/mol. The SMILES string of the molecule is Cc1oc(-c2ccccc2F)nc1CN(C)[C@H]1C[C@H]2CC(=O)N(C)C[C@H]2C1. The van der Waals surface area contributed by atoms with Crippen molar-refractivity contribution in [1.29, 1.82) is 0 Å². The maximum absolute atomic E-state index is 14.0. The zero-order chi connectivity index (χ0) is 19.1. The fourth-order valence-electron chi connectivity index (χ4n) is 4.54. The van der Waals surface area contributed by atoms with Crippen LogP contribution >= 0.6 is 0 Å². The standard InChI is InChI=1S/C21H26FN3O2/c1-13-19(23-21(27-13)17-6-4-5-7-18(17)22)12-24(2)16-8-14-10-20(26)25(3)11-15(14)9-16/h4-7,14-16H,8-12H2,1-3H3/t14-,15+,16-/m0/s1. The van der Waals surface area contributed by atoms with Crippen molar-refractivity contribution in [1.82, 2.24) is 14.8 Å². The number of benzene rings is 1. The molecule has 6 heteroatoms. The minimum atomic E-state index is -0.327. The predicted molar refractivity (Wildman–Crippen MR) is 100 cm³/mol. The highest BCUT2D eigenvalue weighted by Crippen LogP contribution is 2.40. The molecule has 1 saturated heterocycles. The van der Waals surface area contributed by atoms with Crippen molar-refractivity contribution in [3.05, 3.63) is 41.5 Å². The lowest BCUT2D eigenvalue weighted by molar-refractivity contribution is -0.134. The molecule has 1 amide bonds. The van der Waals surface area contributed by atoms with E-state index in [1.807, 2.05) is 18.9 Å². The van der Waals surface area contributed by atoms with Gasteiger partial charge in [0.1, 0.15) is 11.6 Å². The van der Waals surface area contributed by atoms with Crippen molar-refractivity contribution in [2.24, 2.45) is 11.8 Å². The van der Waals surface area contributed by atoms with Gasteiger partial charge in [0, 0.05) is 32.6 Å². The quantitative estimate of drug-likeness (QED) is 0.826. The molecular formula is C21H26FN3O2. The third kappa shape index (κ3) is 3.50. The van der Waals surface area contributed by atoms with Gasteiger partial charge in [-0.1, -0.05) is 12.1 Å². The summed E-state index contributed by atoms with van der Waals surface area (Å²) in [7, 11) is 4.00. The van der Waals surface area contributed by atoms with Crippen molar-refractivity contribution >= 4 is 5.91 Å². The summed E-state index contributed by atoms with van der Waals surface area (Å²) < 4.78 is 19.8. The summed E-state index contributed by atoms with van der Waals surface area (Å²) in [4.78, 5) is 20.7. The molecule has 0 N–H and O–H groups in total. The van der Waals surface area contributed by atoms with E-state index in [-0.39, 0.29) is 11.7 Å². The van der Waals surface area contributed by atoms with Crippen molar-refractivity contribution in [3.8, 4) is 11.5 Å². The van der Waals surface area contributed by atoms with Gasteiger partial charge in [-0.2, -0.15) is 0 Å². The molecule has 3 atom stereocenters. The lowest BCUT2D eigenvalue weighted by atomic mass is 9.88. The van der Waals surface area contributed by atoms with Gasteiger partial charge in [0.05, 0.1) is 11.3 Å². The van der Waals surface area contributed by atoms with E-state index in [1.54, 1.807) is 18.2 Å². The Morgan fingerprint density at radius 2 is 2.04 bits per heavy atom. The highest BCUT2D eigenvalue weighted by molar-refractivity contribution is 5.77. The molecule has 27 heavy (non-hydrogen) atoms. The molecule has 2 aliphatic rings. The molecule has 0 bridgehead atoms. The van der Waals surface area contributed by atoms with Crippen molar-refractivity contribution in [2.75, 3.05) is 20.6 Å². The summed E-state index contributed by atoms with van der Waals surface area (Å²) >= 11 is 0. The number of fused-ring (bicyclic) bond motifs is 1. The second-order valence-corrected chi connectivity index (χ2v) is 8.04. The number of oxazole rings is 1. The molecule has 2 fully saturated rings. The van der Waals surface area contributed by atoms with Gasteiger partial charge >= 0.3 is 0 Å². The molecule has 1 aromatic heterocycles. The summed E-state index contributed by atoms with van der Waals surface area (Å²) in [6.45, 7) is 3.41. The van der Waals surface area contributed by atoms with Gasteiger partial charge in [0.2, 0.25) is 11.8 Å².